The molecule has 73 heavy (non-hydrogen) atoms. The summed E-state index contributed by atoms with van der Waals surface area (Å²) >= 11 is 0. The van der Waals surface area contributed by atoms with Gasteiger partial charge in [-0.05, 0) is 74.0 Å². The van der Waals surface area contributed by atoms with E-state index in [1.807, 2.05) is 29.2 Å². The van der Waals surface area contributed by atoms with Crippen LogP contribution in [0.5, 0.6) is 0 Å². The number of halogens is 2. The van der Waals surface area contributed by atoms with Gasteiger partial charge in [0.25, 0.3) is 11.1 Å². The smallest absolute Gasteiger partial charge is 0.793 e. The maximum Gasteiger partial charge on any atom is 1.00 e. The standard InChI is InChI=1S/C21H25FN4O2.C12H15N3O3.C9H10FN.C4H6O4.C2H3BO2.CH4O.Na/c22-15-5-3-14(4-6-15)17-8-18(17)23-7-1-2-16-9-24-20(27)19(25-16)26-10-21(11-26)12-28-13-21;16-3-1-2-9-4-13-11(17)10(14-9)15-5-12(6-15)7-18-8-12;10-7-3-1-6(2-4-7)8-5-9(8)11;1-3(5)7-8-4(2)6;1-2(4)5-3;1-2;/h3-6,9,17-18,23H,1-2,7-8,10-13H2,(H,24,27);3-4H,1-2,5-8H2,(H,13,17);1-4,8-9H,5,11H2;1-2H3;1H3;2H,1H3;/q;;;;-1;;+1/t17-,18+;;8-,9+;;;;/m0.0..../s1. The molecule has 3 radical (unpaired) electrons. The summed E-state index contributed by atoms with van der Waals surface area (Å²) in [5, 5.41) is 10.6. The summed E-state index contributed by atoms with van der Waals surface area (Å²) in [6.45, 7) is 11.0. The van der Waals surface area contributed by atoms with Gasteiger partial charge in [-0.25, -0.2) is 38.1 Å². The molecule has 2 aromatic carbocycles. The number of nitrogens with two attached hydrogens (primary N) is 1. The minimum Gasteiger partial charge on any atom is -0.793 e. The number of carbonyl (C=O) groups excluding carboxylic acids is 4. The van der Waals surface area contributed by atoms with E-state index in [4.69, 9.17) is 20.3 Å². The molecule has 2 spiro atoms. The SMILES string of the molecule is CC(=O)OOC(C)=O.CO.N[C@@H]1C[C@H]1c1ccc(F)cc1.O=CCCc1c[nH]c(=O)c(N2CC3(COC3)C2)n1.O=c1[nH]cc(CCCN[C@@H]2C[C@H]2c2ccc(F)cc2)nc1N1CC2(COC2)C1.[B-]OC(C)=O.[Na+]. The molecule has 6 fully saturated rings. The number of ether oxygens (including phenoxy) is 2. The first-order valence-corrected chi connectivity index (χ1v) is 23.5. The van der Waals surface area contributed by atoms with Crippen LogP contribution >= 0.6 is 0 Å². The van der Waals surface area contributed by atoms with E-state index >= 15 is 0 Å². The van der Waals surface area contributed by atoms with Crippen LogP contribution in [0, 0.1) is 22.5 Å². The van der Waals surface area contributed by atoms with Crippen LogP contribution in [0.2, 0.25) is 0 Å². The van der Waals surface area contributed by atoms with Crippen LogP contribution in [0.3, 0.4) is 0 Å². The van der Waals surface area contributed by atoms with E-state index in [0.717, 1.165) is 123 Å². The Morgan fingerprint density at radius 2 is 1.18 bits per heavy atom. The fourth-order valence-electron chi connectivity index (χ4n) is 8.21. The summed E-state index contributed by atoms with van der Waals surface area (Å²) in [4.78, 5) is 89.5. The van der Waals surface area contributed by atoms with E-state index in [0.29, 0.717) is 48.4 Å². The molecule has 20 nitrogen and oxygen atoms in total. The number of aromatic nitrogens is 4. The molecule has 4 atom stereocenters. The minimum atomic E-state index is -0.639. The number of hydrogen-bond acceptors (Lipinski definition) is 18. The van der Waals surface area contributed by atoms with Gasteiger partial charge in [-0.3, -0.25) is 14.4 Å². The fourth-order valence-corrected chi connectivity index (χ4v) is 8.21. The summed E-state index contributed by atoms with van der Waals surface area (Å²) in [6, 6.07) is 14.2. The van der Waals surface area contributed by atoms with Crippen LogP contribution in [0.4, 0.5) is 20.4 Å². The minimum absolute atomic E-state index is 0. The third-order valence-corrected chi connectivity index (χ3v) is 12.2. The van der Waals surface area contributed by atoms with Crippen molar-refractivity contribution in [2.45, 2.75) is 83.2 Å². The van der Waals surface area contributed by atoms with E-state index in [1.54, 1.807) is 12.4 Å². The van der Waals surface area contributed by atoms with Crippen molar-refractivity contribution in [2.24, 2.45) is 16.6 Å². The summed E-state index contributed by atoms with van der Waals surface area (Å²) in [5.74, 6) is -0.120. The molecule has 4 saturated heterocycles. The molecular weight excluding hydrogens is 964 g/mol. The van der Waals surface area contributed by atoms with E-state index in [-0.39, 0.29) is 63.1 Å². The summed E-state index contributed by atoms with van der Waals surface area (Å²) in [6.07, 6.45) is 9.10. The van der Waals surface area contributed by atoms with Crippen molar-refractivity contribution >= 4 is 43.9 Å². The van der Waals surface area contributed by atoms with Gasteiger partial charge in [0.2, 0.25) is 5.97 Å². The maximum absolute atomic E-state index is 13.0. The number of carbonyl (C=O) groups is 4. The molecule has 2 aromatic heterocycles. The second kappa shape index (κ2) is 28.9. The molecular formula is C49H63BF2N8NaO12. The van der Waals surface area contributed by atoms with E-state index in [1.165, 1.54) is 42.3 Å². The molecule has 6 heterocycles. The van der Waals surface area contributed by atoms with Crippen LogP contribution in [0.15, 0.2) is 70.5 Å². The average molecular weight is 1030 g/mol. The number of anilines is 2. The molecule has 24 heteroatoms. The van der Waals surface area contributed by atoms with Crippen LogP contribution in [0.1, 0.15) is 80.8 Å². The number of nitrogens with zero attached hydrogens (tertiary/aromatic N) is 4. The molecule has 389 valence electrons. The Hall–Kier alpha value is -5.40. The zero-order valence-electron chi connectivity index (χ0n) is 41.9. The zero-order valence-corrected chi connectivity index (χ0v) is 43.9. The molecule has 2 saturated carbocycles. The summed E-state index contributed by atoms with van der Waals surface area (Å²) < 4.78 is 39.6. The van der Waals surface area contributed by atoms with E-state index in [9.17, 15) is 37.5 Å². The van der Waals surface area contributed by atoms with Crippen molar-refractivity contribution in [1.82, 2.24) is 25.3 Å². The van der Waals surface area contributed by atoms with Gasteiger partial charge in [0.15, 0.2) is 11.6 Å². The summed E-state index contributed by atoms with van der Waals surface area (Å²) in [7, 11) is 5.32. The second-order valence-electron chi connectivity index (χ2n) is 18.4. The maximum atomic E-state index is 13.0. The Balaban J connectivity index is 0.000000220. The number of aryl methyl sites for hydroxylation is 2. The van der Waals surface area contributed by atoms with Gasteiger partial charge in [0, 0.05) is 96.8 Å². The van der Waals surface area contributed by atoms with E-state index in [2.05, 4.69) is 52.6 Å². The number of nitrogens with one attached hydrogen (secondary N) is 3. The van der Waals surface area contributed by atoms with Crippen LogP contribution in [-0.2, 0) is 55.9 Å². The van der Waals surface area contributed by atoms with Gasteiger partial charge in [0.1, 0.15) is 17.9 Å². The van der Waals surface area contributed by atoms with E-state index < -0.39 is 17.9 Å². The van der Waals surface area contributed by atoms with Gasteiger partial charge in [0.05, 0.1) is 48.6 Å². The van der Waals surface area contributed by atoms with Gasteiger partial charge >= 0.3 is 41.5 Å². The Labute approximate surface area is 445 Å². The number of benzene rings is 2. The van der Waals surface area contributed by atoms with Crippen LogP contribution in [-0.4, -0.2) is 136 Å². The number of aromatic amines is 2. The van der Waals surface area contributed by atoms with Crippen molar-refractivity contribution in [1.29, 1.82) is 0 Å². The predicted molar refractivity (Wildman–Crippen MR) is 260 cm³/mol. The van der Waals surface area contributed by atoms with Crippen molar-refractivity contribution in [3.63, 3.8) is 0 Å². The number of aliphatic hydroxyl groups is 1. The molecule has 0 amide bonds. The molecule has 4 aliphatic heterocycles. The van der Waals surface area contributed by atoms with Crippen molar-refractivity contribution in [2.75, 3.05) is 76.1 Å². The van der Waals surface area contributed by atoms with Crippen LogP contribution in [0.25, 0.3) is 0 Å². The molecule has 4 aromatic rings. The Morgan fingerprint density at radius 1 is 0.767 bits per heavy atom. The number of aldehydes is 1. The Morgan fingerprint density at radius 3 is 1.53 bits per heavy atom. The summed E-state index contributed by atoms with van der Waals surface area (Å²) in [5.41, 5.74) is 9.93. The quantitative estimate of drug-likeness (QED) is 0.0393. The first kappa shape index (κ1) is 60.2. The Bertz CT molecular complexity index is 2510. The Kier molecular flexibility index (Phi) is 23.8. The monoisotopic (exact) mass is 1030 g/mol. The molecule has 2 aliphatic carbocycles. The fraction of sp³-hybridized carbons (Fsp3) is 0.510. The number of aliphatic hydroxyl groups excluding tert-OH is 1. The molecule has 6 N–H and O–H groups in total. The van der Waals surface area contributed by atoms with Gasteiger partial charge < -0.3 is 62.9 Å². The topological polar surface area (TPSA) is 271 Å². The van der Waals surface area contributed by atoms with Gasteiger partial charge in [-0.1, -0.05) is 24.3 Å². The van der Waals surface area contributed by atoms with Crippen molar-refractivity contribution < 1.29 is 86.5 Å². The van der Waals surface area contributed by atoms with Gasteiger partial charge in [-0.2, -0.15) is 0 Å². The number of hydrogen-bond donors (Lipinski definition) is 5. The first-order chi connectivity index (χ1) is 34.5. The molecule has 6 aliphatic rings. The number of H-pyrrole nitrogens is 2. The third kappa shape index (κ3) is 18.5. The molecule has 0 bridgehead atoms. The van der Waals surface area contributed by atoms with Crippen molar-refractivity contribution in [3.05, 3.63) is 116 Å². The largest absolute Gasteiger partial charge is 1.00 e. The van der Waals surface area contributed by atoms with Crippen LogP contribution < -0.4 is 61.5 Å². The normalized spacial score (nSPS) is 20.2. The number of rotatable bonds is 12. The molecule has 10 rings (SSSR count). The predicted octanol–water partition coefficient (Wildman–Crippen LogP) is -0.525. The second-order valence-corrected chi connectivity index (χ2v) is 18.4. The first-order valence-electron chi connectivity index (χ1n) is 23.5. The van der Waals surface area contributed by atoms with Gasteiger partial charge in [-0.15, -0.1) is 0 Å². The zero-order chi connectivity index (χ0) is 52.4. The van der Waals surface area contributed by atoms with Crippen molar-refractivity contribution in [3.8, 4) is 0 Å². The third-order valence-electron chi connectivity index (χ3n) is 12.2. The average Bonchev–Trinajstić information content (AvgIpc) is 4.25. The molecule has 0 unspecified atom stereocenters.